The average Bonchev–Trinajstić information content (AvgIpc) is 2.60. The Morgan fingerprint density at radius 1 is 1.04 bits per heavy atom. The number of ether oxygens (including phenoxy) is 1. The first kappa shape index (κ1) is 19.3. The number of aliphatic carboxylic acids is 1. The standard InChI is InChI=1S/C18H16F3NO4/c19-18(20,21)14-8-6-13(7-9-14)15(16(23)24)10-22-17(25)26-11-12-4-2-1-3-5-12/h1-9,15H,10-11H2,(H,22,25)(H,23,24). The summed E-state index contributed by atoms with van der Waals surface area (Å²) in [7, 11) is 0. The molecule has 0 radical (unpaired) electrons. The molecule has 26 heavy (non-hydrogen) atoms. The van der Waals surface area contributed by atoms with Gasteiger partial charge in [0.1, 0.15) is 6.61 Å². The lowest BCUT2D eigenvalue weighted by atomic mass is 9.98. The second-order valence-electron chi connectivity index (χ2n) is 5.45. The zero-order valence-electron chi connectivity index (χ0n) is 13.5. The van der Waals surface area contributed by atoms with Crippen molar-refractivity contribution in [3.63, 3.8) is 0 Å². The number of hydrogen-bond donors (Lipinski definition) is 2. The SMILES string of the molecule is O=C(NCC(C(=O)O)c1ccc(C(F)(F)F)cc1)OCc1ccccc1. The minimum atomic E-state index is -4.50. The van der Waals surface area contributed by atoms with E-state index in [0.29, 0.717) is 0 Å². The summed E-state index contributed by atoms with van der Waals surface area (Å²) in [5, 5.41) is 11.6. The quantitative estimate of drug-likeness (QED) is 0.814. The first-order valence-electron chi connectivity index (χ1n) is 7.62. The van der Waals surface area contributed by atoms with E-state index < -0.39 is 29.7 Å². The van der Waals surface area contributed by atoms with Crippen LogP contribution in [0.3, 0.4) is 0 Å². The molecule has 2 N–H and O–H groups in total. The first-order valence-corrected chi connectivity index (χ1v) is 7.62. The number of benzene rings is 2. The molecule has 8 heteroatoms. The highest BCUT2D eigenvalue weighted by molar-refractivity contribution is 5.77. The molecular weight excluding hydrogens is 351 g/mol. The van der Waals surface area contributed by atoms with Crippen LogP contribution in [0, 0.1) is 0 Å². The number of carboxylic acids is 1. The molecule has 5 nitrogen and oxygen atoms in total. The predicted octanol–water partition coefficient (Wildman–Crippen LogP) is 3.80. The van der Waals surface area contributed by atoms with E-state index in [9.17, 15) is 27.9 Å². The molecule has 0 aliphatic heterocycles. The molecule has 0 aliphatic carbocycles. The fourth-order valence-corrected chi connectivity index (χ4v) is 2.21. The van der Waals surface area contributed by atoms with Crippen molar-refractivity contribution in [1.29, 1.82) is 0 Å². The molecule has 0 spiro atoms. The Morgan fingerprint density at radius 3 is 2.19 bits per heavy atom. The predicted molar refractivity (Wildman–Crippen MR) is 86.5 cm³/mol. The van der Waals surface area contributed by atoms with Crippen molar-refractivity contribution in [2.45, 2.75) is 18.7 Å². The van der Waals surface area contributed by atoms with Gasteiger partial charge in [-0.05, 0) is 23.3 Å². The molecule has 0 saturated carbocycles. The number of hydrogen-bond acceptors (Lipinski definition) is 3. The van der Waals surface area contributed by atoms with Gasteiger partial charge >= 0.3 is 18.2 Å². The fraction of sp³-hybridized carbons (Fsp3) is 0.222. The Bertz CT molecular complexity index is 745. The molecule has 0 fully saturated rings. The molecule has 0 aliphatic rings. The van der Waals surface area contributed by atoms with Crippen LogP contribution in [0.1, 0.15) is 22.6 Å². The molecular formula is C18H16F3NO4. The van der Waals surface area contributed by atoms with Crippen LogP contribution in [0.4, 0.5) is 18.0 Å². The average molecular weight is 367 g/mol. The molecule has 0 aromatic heterocycles. The molecule has 1 atom stereocenters. The van der Waals surface area contributed by atoms with Crippen LogP contribution in [0.5, 0.6) is 0 Å². The lowest BCUT2D eigenvalue weighted by Crippen LogP contribution is -2.32. The van der Waals surface area contributed by atoms with Crippen molar-refractivity contribution in [1.82, 2.24) is 5.32 Å². The second-order valence-corrected chi connectivity index (χ2v) is 5.45. The largest absolute Gasteiger partial charge is 0.481 e. The third kappa shape index (κ3) is 5.51. The maximum absolute atomic E-state index is 12.6. The molecule has 2 rings (SSSR count). The lowest BCUT2D eigenvalue weighted by molar-refractivity contribution is -0.138. The Hall–Kier alpha value is -3.03. The van der Waals surface area contributed by atoms with E-state index in [4.69, 9.17) is 4.74 Å². The molecule has 0 bridgehead atoms. The van der Waals surface area contributed by atoms with Crippen LogP contribution in [-0.4, -0.2) is 23.7 Å². The van der Waals surface area contributed by atoms with E-state index in [1.54, 1.807) is 24.3 Å². The van der Waals surface area contributed by atoms with Gasteiger partial charge < -0.3 is 15.2 Å². The van der Waals surface area contributed by atoms with E-state index in [1.807, 2.05) is 6.07 Å². The molecule has 0 saturated heterocycles. The van der Waals surface area contributed by atoms with E-state index in [-0.39, 0.29) is 18.7 Å². The molecule has 2 aromatic rings. The van der Waals surface area contributed by atoms with Gasteiger partial charge in [-0.2, -0.15) is 13.2 Å². The topological polar surface area (TPSA) is 75.6 Å². The smallest absolute Gasteiger partial charge is 0.416 e. The van der Waals surface area contributed by atoms with Crippen molar-refractivity contribution in [2.75, 3.05) is 6.54 Å². The monoisotopic (exact) mass is 367 g/mol. The van der Waals surface area contributed by atoms with Crippen molar-refractivity contribution in [2.24, 2.45) is 0 Å². The van der Waals surface area contributed by atoms with Gasteiger partial charge in [0, 0.05) is 6.54 Å². The van der Waals surface area contributed by atoms with Crippen molar-refractivity contribution >= 4 is 12.1 Å². The molecule has 1 unspecified atom stereocenters. The number of carbonyl (C=O) groups is 2. The third-order valence-electron chi connectivity index (χ3n) is 3.60. The van der Waals surface area contributed by atoms with Gasteiger partial charge in [-0.25, -0.2) is 4.79 Å². The van der Waals surface area contributed by atoms with Crippen LogP contribution in [0.2, 0.25) is 0 Å². The van der Waals surface area contributed by atoms with Crippen LogP contribution in [0.25, 0.3) is 0 Å². The van der Waals surface area contributed by atoms with Gasteiger partial charge in [-0.15, -0.1) is 0 Å². The Kier molecular flexibility index (Phi) is 6.21. The van der Waals surface area contributed by atoms with Crippen LogP contribution in [0.15, 0.2) is 54.6 Å². The number of rotatable bonds is 6. The summed E-state index contributed by atoms with van der Waals surface area (Å²) in [6.07, 6.45) is -5.32. The third-order valence-corrected chi connectivity index (χ3v) is 3.60. The maximum atomic E-state index is 12.6. The highest BCUT2D eigenvalue weighted by Crippen LogP contribution is 2.30. The Morgan fingerprint density at radius 2 is 1.65 bits per heavy atom. The van der Waals surface area contributed by atoms with E-state index in [2.05, 4.69) is 5.32 Å². The highest BCUT2D eigenvalue weighted by Gasteiger charge is 2.31. The van der Waals surface area contributed by atoms with Gasteiger partial charge in [0.25, 0.3) is 0 Å². The summed E-state index contributed by atoms with van der Waals surface area (Å²) in [5.74, 6) is -2.46. The van der Waals surface area contributed by atoms with Crippen molar-refractivity contribution in [3.8, 4) is 0 Å². The Balaban J connectivity index is 1.93. The van der Waals surface area contributed by atoms with Crippen LogP contribution >= 0.6 is 0 Å². The van der Waals surface area contributed by atoms with E-state index in [1.165, 1.54) is 0 Å². The zero-order chi connectivity index (χ0) is 19.2. The summed E-state index contributed by atoms with van der Waals surface area (Å²) in [6, 6.07) is 12.7. The highest BCUT2D eigenvalue weighted by atomic mass is 19.4. The fourth-order valence-electron chi connectivity index (χ4n) is 2.21. The summed E-state index contributed by atoms with van der Waals surface area (Å²) in [6.45, 7) is -0.293. The molecule has 138 valence electrons. The normalized spacial score (nSPS) is 12.3. The van der Waals surface area contributed by atoms with Gasteiger partial charge in [0.2, 0.25) is 0 Å². The minimum absolute atomic E-state index is 0.0185. The van der Waals surface area contributed by atoms with Crippen molar-refractivity contribution < 1.29 is 32.6 Å². The summed E-state index contributed by atoms with van der Waals surface area (Å²) >= 11 is 0. The number of alkyl halides is 3. The number of carbonyl (C=O) groups excluding carboxylic acids is 1. The number of halogens is 3. The number of nitrogens with one attached hydrogen (secondary N) is 1. The van der Waals surface area contributed by atoms with Gasteiger partial charge in [0.05, 0.1) is 11.5 Å². The lowest BCUT2D eigenvalue weighted by Gasteiger charge is -2.15. The number of alkyl carbamates (subject to hydrolysis) is 1. The van der Waals surface area contributed by atoms with Crippen LogP contribution < -0.4 is 5.32 Å². The van der Waals surface area contributed by atoms with Crippen LogP contribution in [-0.2, 0) is 22.3 Å². The van der Waals surface area contributed by atoms with Gasteiger partial charge in [-0.1, -0.05) is 42.5 Å². The summed E-state index contributed by atoms with van der Waals surface area (Å²) in [5.41, 5.74) is 0.0367. The second kappa shape index (κ2) is 8.37. The molecule has 1 amide bonds. The maximum Gasteiger partial charge on any atom is 0.416 e. The molecule has 2 aromatic carbocycles. The van der Waals surface area contributed by atoms with E-state index in [0.717, 1.165) is 29.8 Å². The first-order chi connectivity index (χ1) is 12.3. The van der Waals surface area contributed by atoms with Gasteiger partial charge in [0.15, 0.2) is 0 Å². The van der Waals surface area contributed by atoms with Crippen molar-refractivity contribution in [3.05, 3.63) is 71.3 Å². The Labute approximate surface area is 147 Å². The number of amides is 1. The molecule has 0 heterocycles. The van der Waals surface area contributed by atoms with Gasteiger partial charge in [-0.3, -0.25) is 4.79 Å². The van der Waals surface area contributed by atoms with E-state index >= 15 is 0 Å². The minimum Gasteiger partial charge on any atom is -0.481 e. The number of carboxylic acid groups (broad SMARTS) is 1. The summed E-state index contributed by atoms with van der Waals surface area (Å²) in [4.78, 5) is 23.0. The zero-order valence-corrected chi connectivity index (χ0v) is 13.5. The summed E-state index contributed by atoms with van der Waals surface area (Å²) < 4.78 is 42.7.